The fourth-order valence-electron chi connectivity index (χ4n) is 6.31. The van der Waals surface area contributed by atoms with E-state index in [4.69, 9.17) is 4.74 Å². The monoisotopic (exact) mass is 916 g/mol. The molecule has 1 aliphatic rings. The largest absolute Gasteiger partial charge is 0.505 e. The van der Waals surface area contributed by atoms with Gasteiger partial charge in [0.05, 0.1) is 52.1 Å². The van der Waals surface area contributed by atoms with Crippen molar-refractivity contribution in [2.75, 3.05) is 43.6 Å². The van der Waals surface area contributed by atoms with Crippen LogP contribution < -0.4 is 16.1 Å². The third-order valence-electron chi connectivity index (χ3n) is 9.04. The topological polar surface area (TPSA) is 344 Å². The van der Waals surface area contributed by atoms with Gasteiger partial charge in [0, 0.05) is 18.5 Å². The molecule has 26 heteroatoms. The van der Waals surface area contributed by atoms with Gasteiger partial charge in [0.25, 0.3) is 30.4 Å². The van der Waals surface area contributed by atoms with Gasteiger partial charge in [-0.3, -0.25) is 23.6 Å². The van der Waals surface area contributed by atoms with E-state index >= 15 is 0 Å². The van der Waals surface area contributed by atoms with Crippen LogP contribution in [0.2, 0.25) is 0 Å². The van der Waals surface area contributed by atoms with Crippen molar-refractivity contribution in [3.8, 4) is 5.75 Å². The quantitative estimate of drug-likeness (QED) is 0.0725. The molecule has 61 heavy (non-hydrogen) atoms. The lowest BCUT2D eigenvalue weighted by atomic mass is 10.1. The molecular weight excluding hydrogens is 885 g/mol. The second-order valence-electron chi connectivity index (χ2n) is 13.1. The van der Waals surface area contributed by atoms with Crippen LogP contribution in [0.25, 0.3) is 21.5 Å². The highest BCUT2D eigenvalue weighted by Crippen LogP contribution is 2.46. The van der Waals surface area contributed by atoms with Crippen molar-refractivity contribution in [1.29, 1.82) is 0 Å². The van der Waals surface area contributed by atoms with Crippen molar-refractivity contribution in [2.24, 2.45) is 20.2 Å². The number of anilines is 1. The van der Waals surface area contributed by atoms with Gasteiger partial charge in [-0.15, -0.1) is 10.2 Å². The zero-order chi connectivity index (χ0) is 43.9. The number of morpholine rings is 1. The van der Waals surface area contributed by atoms with E-state index in [1.165, 1.54) is 42.5 Å². The van der Waals surface area contributed by atoms with Gasteiger partial charge >= 0.3 is 0 Å². The number of ether oxygens (including phenoxy) is 1. The lowest BCUT2D eigenvalue weighted by Gasteiger charge is -2.26. The van der Waals surface area contributed by atoms with E-state index in [0.717, 1.165) is 18.2 Å². The first kappa shape index (κ1) is 43.1. The Kier molecular flexibility index (Phi) is 11.6. The van der Waals surface area contributed by atoms with Crippen molar-refractivity contribution >= 4 is 90.4 Å². The van der Waals surface area contributed by atoms with Crippen LogP contribution in [-0.2, 0) is 44.9 Å². The molecule has 1 aromatic heterocycles. The van der Waals surface area contributed by atoms with Crippen LogP contribution in [0.1, 0.15) is 0 Å². The van der Waals surface area contributed by atoms with Crippen LogP contribution in [0.5, 0.6) is 5.75 Å². The maximum Gasteiger partial charge on any atom is 0.297 e. The number of H-pyrrole nitrogens is 2. The van der Waals surface area contributed by atoms with E-state index < -0.39 is 101 Å². The molecule has 7 N–H and O–H groups in total. The predicted molar refractivity (Wildman–Crippen MR) is 215 cm³/mol. The van der Waals surface area contributed by atoms with Gasteiger partial charge in [0.15, 0.2) is 15.6 Å². The summed E-state index contributed by atoms with van der Waals surface area (Å²) in [7, 11) is -19.3. The van der Waals surface area contributed by atoms with Gasteiger partial charge < -0.3 is 19.8 Å². The van der Waals surface area contributed by atoms with Gasteiger partial charge in [0.1, 0.15) is 21.2 Å². The van der Waals surface area contributed by atoms with Crippen LogP contribution >= 0.6 is 0 Å². The first-order chi connectivity index (χ1) is 28.7. The van der Waals surface area contributed by atoms with Crippen LogP contribution in [0.4, 0.5) is 28.7 Å². The summed E-state index contributed by atoms with van der Waals surface area (Å²) >= 11 is 0. The number of phenolic OH excluding ortho intramolecular Hbond substituents is 1. The van der Waals surface area contributed by atoms with E-state index in [1.54, 1.807) is 17.0 Å². The maximum absolute atomic E-state index is 12.7. The van der Waals surface area contributed by atoms with E-state index in [0.29, 0.717) is 37.8 Å². The van der Waals surface area contributed by atoms with E-state index in [1.807, 2.05) is 0 Å². The number of phenols is 1. The minimum atomic E-state index is -5.34. The summed E-state index contributed by atoms with van der Waals surface area (Å²) in [4.78, 5) is 18.0. The number of hydrogen-bond acceptors (Lipinski definition) is 17. The summed E-state index contributed by atoms with van der Waals surface area (Å²) in [6, 6.07) is 16.3. The summed E-state index contributed by atoms with van der Waals surface area (Å²) < 4.78 is 137. The zero-order valence-corrected chi connectivity index (χ0v) is 34.2. The molecule has 0 radical (unpaired) electrons. The van der Waals surface area contributed by atoms with Crippen molar-refractivity contribution in [1.82, 2.24) is 15.0 Å². The number of benzene rings is 5. The molecule has 0 aliphatic carbocycles. The highest BCUT2D eigenvalue weighted by Gasteiger charge is 2.27. The molecular formula is C35H32N8O14S4. The minimum Gasteiger partial charge on any atom is -0.505 e. The second-order valence-corrected chi connectivity index (χ2v) is 19.4. The Hall–Kier alpha value is -5.97. The molecule has 0 atom stereocenters. The molecule has 5 aromatic carbocycles. The lowest BCUT2D eigenvalue weighted by molar-refractivity contribution is 0.122. The average Bonchev–Trinajstić information content (AvgIpc) is 3.19. The summed E-state index contributed by atoms with van der Waals surface area (Å²) in [5, 5.41) is 28.2. The summed E-state index contributed by atoms with van der Waals surface area (Å²) in [6.45, 7) is 0.626. The van der Waals surface area contributed by atoms with Crippen LogP contribution in [0.15, 0.2) is 119 Å². The maximum atomic E-state index is 12.7. The Bertz CT molecular complexity index is 3390. The van der Waals surface area contributed by atoms with Gasteiger partial charge in [-0.2, -0.15) is 30.2 Å². The Labute approximate surface area is 345 Å². The molecule has 0 amide bonds. The van der Waals surface area contributed by atoms with Crippen LogP contribution in [-0.4, -0.2) is 111 Å². The number of aliphatic hydroxyl groups excluding tert-OH is 1. The van der Waals surface area contributed by atoms with Gasteiger partial charge in [0.2, 0.25) is 17.2 Å². The van der Waals surface area contributed by atoms with Crippen molar-refractivity contribution < 1.29 is 62.3 Å². The zero-order valence-electron chi connectivity index (χ0n) is 31.0. The summed E-state index contributed by atoms with van der Waals surface area (Å²) in [6.07, 6.45) is 0. The van der Waals surface area contributed by atoms with Gasteiger partial charge in [-0.25, -0.2) is 18.4 Å². The highest BCUT2D eigenvalue weighted by molar-refractivity contribution is 7.91. The third kappa shape index (κ3) is 9.36. The molecule has 7 rings (SSSR count). The number of nitrogens with one attached hydrogen (secondary N) is 2. The van der Waals surface area contributed by atoms with Gasteiger partial charge in [-0.05, 0) is 53.2 Å². The predicted octanol–water partition coefficient (Wildman–Crippen LogP) is 2.97. The van der Waals surface area contributed by atoms with Crippen LogP contribution in [0, 0.1) is 0 Å². The molecule has 1 fully saturated rings. The molecule has 0 saturated carbocycles. The fourth-order valence-corrected chi connectivity index (χ4v) is 9.41. The number of rotatable bonds is 11. The SMILES string of the molecule is O=S(=O)(O)c1cc(N=c2[nH]c(N3CCOCC3)nc(=Nc3cccc(S(=O)(=O)CCO)c3)[nH]2)c2c(O)c(N=Nc3ccc4ccccc4c3S(=O)(=O)O)c(S(=O)(=O)O)cc2c1. The number of sulfone groups is 1. The number of aliphatic hydroxyl groups is 1. The first-order valence-corrected chi connectivity index (χ1v) is 23.5. The molecule has 0 unspecified atom stereocenters. The highest BCUT2D eigenvalue weighted by atomic mass is 32.2. The number of aromatic nitrogens is 3. The van der Waals surface area contributed by atoms with Crippen molar-refractivity contribution in [3.63, 3.8) is 0 Å². The van der Waals surface area contributed by atoms with Gasteiger partial charge in [-0.1, -0.05) is 36.4 Å². The first-order valence-electron chi connectivity index (χ1n) is 17.5. The average molecular weight is 917 g/mol. The number of fused-ring (bicyclic) bond motifs is 2. The molecule has 22 nitrogen and oxygen atoms in total. The number of nitrogens with zero attached hydrogens (tertiary/aromatic N) is 6. The normalized spacial score (nSPS) is 15.0. The molecule has 6 aromatic rings. The molecule has 0 spiro atoms. The Morgan fingerprint density at radius 2 is 1.46 bits per heavy atom. The lowest BCUT2D eigenvalue weighted by Crippen LogP contribution is -2.40. The fraction of sp³-hybridized carbons (Fsp3) is 0.171. The summed E-state index contributed by atoms with van der Waals surface area (Å²) in [5.74, 6) is -1.48. The smallest absolute Gasteiger partial charge is 0.297 e. The summed E-state index contributed by atoms with van der Waals surface area (Å²) in [5.41, 5.74) is -2.27. The van der Waals surface area contributed by atoms with E-state index in [9.17, 15) is 57.5 Å². The molecule has 2 heterocycles. The number of azo groups is 1. The standard InChI is InChI=1S/C35H32N8O14S4/c44-12-15-58(46,47)23-6-3-5-22(18-23)36-33-38-34(40-35(39-33)43-10-13-57-14-11-43)37-27-19-24(59(48,49)50)16-21-17-28(60(51,52)53)30(31(45)29(21)27)42-41-26-9-8-20-4-1-2-7-25(20)32(26)61(54,55)56/h1-9,16-19,44-45H,10-15H2,(H,48,49,50)(H,51,52,53)(H,54,55,56)(H2,36,37,38,39,40). The van der Waals surface area contributed by atoms with Crippen LogP contribution in [0.3, 0.4) is 0 Å². The van der Waals surface area contributed by atoms with E-state index in [-0.39, 0.29) is 33.2 Å². The Morgan fingerprint density at radius 3 is 2.15 bits per heavy atom. The van der Waals surface area contributed by atoms with Crippen molar-refractivity contribution in [3.05, 3.63) is 90.1 Å². The molecule has 1 aliphatic heterocycles. The third-order valence-corrected chi connectivity index (χ3v) is 13.4. The molecule has 1 saturated heterocycles. The molecule has 320 valence electrons. The van der Waals surface area contributed by atoms with E-state index in [2.05, 4.69) is 35.2 Å². The Balaban J connectivity index is 1.50. The second kappa shape index (κ2) is 16.5. The number of aromatic hydroxyl groups is 1. The number of hydrogen-bond donors (Lipinski definition) is 7. The molecule has 0 bridgehead atoms. The minimum absolute atomic E-state index is 0.0184. The van der Waals surface area contributed by atoms with Crippen molar-refractivity contribution in [2.45, 2.75) is 19.6 Å². The number of aromatic amines is 2. The Morgan fingerprint density at radius 1 is 0.721 bits per heavy atom.